The SMILES string of the molecule is CC(C)(C)COC(=O)CCCCC(=O)O.CCCCCC. The Kier molecular flexibility index (Phi) is 14.7. The van der Waals surface area contributed by atoms with Gasteiger partial charge in [-0.05, 0) is 18.3 Å². The van der Waals surface area contributed by atoms with Crippen molar-refractivity contribution in [2.75, 3.05) is 6.61 Å². The van der Waals surface area contributed by atoms with E-state index in [0.717, 1.165) is 0 Å². The van der Waals surface area contributed by atoms with Crippen molar-refractivity contribution < 1.29 is 19.4 Å². The summed E-state index contributed by atoms with van der Waals surface area (Å²) >= 11 is 0. The van der Waals surface area contributed by atoms with Crippen LogP contribution in [-0.2, 0) is 14.3 Å². The number of hydrogen-bond donors (Lipinski definition) is 1. The minimum Gasteiger partial charge on any atom is -0.481 e. The molecule has 0 rings (SSSR count). The molecule has 0 saturated carbocycles. The monoisotopic (exact) mass is 302 g/mol. The molecule has 0 aliphatic heterocycles. The number of ether oxygens (including phenoxy) is 1. The van der Waals surface area contributed by atoms with Crippen LogP contribution in [0.4, 0.5) is 0 Å². The third kappa shape index (κ3) is 24.4. The van der Waals surface area contributed by atoms with Gasteiger partial charge in [0.15, 0.2) is 0 Å². The van der Waals surface area contributed by atoms with Crippen LogP contribution in [-0.4, -0.2) is 23.7 Å². The lowest BCUT2D eigenvalue weighted by molar-refractivity contribution is -0.147. The van der Waals surface area contributed by atoms with Crippen LogP contribution in [0, 0.1) is 5.41 Å². The standard InChI is InChI=1S/C11H20O4.C6H14/c1-11(2,3)8-15-10(14)7-5-4-6-9(12)13;1-3-5-6-4-2/h4-8H2,1-3H3,(H,12,13);3-6H2,1-2H3. The Labute approximate surface area is 130 Å². The largest absolute Gasteiger partial charge is 0.481 e. The number of aliphatic carboxylic acids is 1. The van der Waals surface area contributed by atoms with Gasteiger partial charge in [0.2, 0.25) is 0 Å². The fourth-order valence-electron chi connectivity index (χ4n) is 1.41. The van der Waals surface area contributed by atoms with E-state index >= 15 is 0 Å². The number of unbranched alkanes of at least 4 members (excludes halogenated alkanes) is 4. The van der Waals surface area contributed by atoms with Crippen LogP contribution < -0.4 is 0 Å². The van der Waals surface area contributed by atoms with Gasteiger partial charge in [0.25, 0.3) is 0 Å². The summed E-state index contributed by atoms with van der Waals surface area (Å²) in [7, 11) is 0. The Hall–Kier alpha value is -1.06. The molecule has 0 fully saturated rings. The molecule has 0 heterocycles. The highest BCUT2D eigenvalue weighted by Gasteiger charge is 2.13. The molecule has 0 spiro atoms. The van der Waals surface area contributed by atoms with Crippen molar-refractivity contribution in [3.8, 4) is 0 Å². The second kappa shape index (κ2) is 13.9. The van der Waals surface area contributed by atoms with Crippen molar-refractivity contribution >= 4 is 11.9 Å². The second-order valence-corrected chi connectivity index (χ2v) is 6.53. The molecule has 126 valence electrons. The van der Waals surface area contributed by atoms with Crippen LogP contribution >= 0.6 is 0 Å². The minimum atomic E-state index is -0.821. The van der Waals surface area contributed by atoms with Gasteiger partial charge < -0.3 is 9.84 Å². The third-order valence-electron chi connectivity index (χ3n) is 2.64. The van der Waals surface area contributed by atoms with E-state index in [4.69, 9.17) is 9.84 Å². The van der Waals surface area contributed by atoms with E-state index < -0.39 is 5.97 Å². The summed E-state index contributed by atoms with van der Waals surface area (Å²) in [4.78, 5) is 21.3. The Morgan fingerprint density at radius 2 is 1.38 bits per heavy atom. The summed E-state index contributed by atoms with van der Waals surface area (Å²) in [6.07, 6.45) is 7.07. The lowest BCUT2D eigenvalue weighted by atomic mass is 9.99. The molecule has 0 amide bonds. The van der Waals surface area contributed by atoms with Gasteiger partial charge in [0.05, 0.1) is 6.61 Å². The summed E-state index contributed by atoms with van der Waals surface area (Å²) in [6, 6.07) is 0. The van der Waals surface area contributed by atoms with E-state index in [9.17, 15) is 9.59 Å². The number of rotatable bonds is 9. The van der Waals surface area contributed by atoms with E-state index in [0.29, 0.717) is 25.9 Å². The average Bonchev–Trinajstić information content (AvgIpc) is 2.38. The molecule has 0 bridgehead atoms. The van der Waals surface area contributed by atoms with Gasteiger partial charge in [-0.2, -0.15) is 0 Å². The summed E-state index contributed by atoms with van der Waals surface area (Å²) < 4.78 is 5.03. The molecule has 1 N–H and O–H groups in total. The number of carbonyl (C=O) groups excluding carboxylic acids is 1. The molecule has 0 aliphatic rings. The van der Waals surface area contributed by atoms with E-state index in [-0.39, 0.29) is 17.8 Å². The molecule has 4 nitrogen and oxygen atoms in total. The van der Waals surface area contributed by atoms with Crippen LogP contribution in [0.3, 0.4) is 0 Å². The van der Waals surface area contributed by atoms with Crippen LogP contribution in [0.2, 0.25) is 0 Å². The van der Waals surface area contributed by atoms with Crippen LogP contribution in [0.15, 0.2) is 0 Å². The molecule has 0 aromatic heterocycles. The molecular formula is C17H34O4. The zero-order valence-electron chi connectivity index (χ0n) is 14.5. The van der Waals surface area contributed by atoms with Crippen LogP contribution in [0.5, 0.6) is 0 Å². The quantitative estimate of drug-likeness (QED) is 0.490. The molecule has 0 radical (unpaired) electrons. The first-order valence-corrected chi connectivity index (χ1v) is 8.10. The van der Waals surface area contributed by atoms with Crippen LogP contribution in [0.25, 0.3) is 0 Å². The topological polar surface area (TPSA) is 63.6 Å². The average molecular weight is 302 g/mol. The molecule has 4 heteroatoms. The second-order valence-electron chi connectivity index (χ2n) is 6.53. The maximum absolute atomic E-state index is 11.2. The van der Waals surface area contributed by atoms with E-state index in [1.165, 1.54) is 25.7 Å². The van der Waals surface area contributed by atoms with Gasteiger partial charge >= 0.3 is 11.9 Å². The van der Waals surface area contributed by atoms with Crippen molar-refractivity contribution in [3.63, 3.8) is 0 Å². The Balaban J connectivity index is 0. The van der Waals surface area contributed by atoms with Gasteiger partial charge in [-0.15, -0.1) is 0 Å². The number of carboxylic acids is 1. The zero-order chi connectivity index (χ0) is 16.7. The Morgan fingerprint density at radius 1 is 0.905 bits per heavy atom. The van der Waals surface area contributed by atoms with Crippen molar-refractivity contribution in [2.45, 2.75) is 86.0 Å². The van der Waals surface area contributed by atoms with Gasteiger partial charge in [0, 0.05) is 12.8 Å². The lowest BCUT2D eigenvalue weighted by Crippen LogP contribution is -2.18. The molecule has 21 heavy (non-hydrogen) atoms. The van der Waals surface area contributed by atoms with E-state index in [2.05, 4.69) is 13.8 Å². The number of carbonyl (C=O) groups is 2. The smallest absolute Gasteiger partial charge is 0.305 e. The zero-order valence-corrected chi connectivity index (χ0v) is 14.5. The minimum absolute atomic E-state index is 0.0171. The fraction of sp³-hybridized carbons (Fsp3) is 0.882. The highest BCUT2D eigenvalue weighted by molar-refractivity contribution is 5.69. The first kappa shape index (κ1) is 22.2. The fourth-order valence-corrected chi connectivity index (χ4v) is 1.41. The maximum Gasteiger partial charge on any atom is 0.305 e. The van der Waals surface area contributed by atoms with Crippen molar-refractivity contribution in [1.82, 2.24) is 0 Å². The molecule has 0 aliphatic carbocycles. The van der Waals surface area contributed by atoms with Crippen molar-refractivity contribution in [1.29, 1.82) is 0 Å². The predicted molar refractivity (Wildman–Crippen MR) is 86.3 cm³/mol. The van der Waals surface area contributed by atoms with Crippen molar-refractivity contribution in [2.24, 2.45) is 5.41 Å². The Bertz CT molecular complexity index is 262. The molecule has 0 aromatic rings. The molecule has 0 unspecified atom stereocenters. The number of esters is 1. The third-order valence-corrected chi connectivity index (χ3v) is 2.64. The molecular weight excluding hydrogens is 268 g/mol. The maximum atomic E-state index is 11.2. The predicted octanol–water partition coefficient (Wildman–Crippen LogP) is 4.81. The Morgan fingerprint density at radius 3 is 1.76 bits per heavy atom. The van der Waals surface area contributed by atoms with Gasteiger partial charge in [0.1, 0.15) is 0 Å². The molecule has 0 aromatic carbocycles. The van der Waals surface area contributed by atoms with Gasteiger partial charge in [-0.25, -0.2) is 0 Å². The van der Waals surface area contributed by atoms with Gasteiger partial charge in [-0.1, -0.05) is 60.3 Å². The lowest BCUT2D eigenvalue weighted by Gasteiger charge is -2.17. The summed E-state index contributed by atoms with van der Waals surface area (Å²) in [5.41, 5.74) is -0.0171. The summed E-state index contributed by atoms with van der Waals surface area (Å²) in [6.45, 7) is 10.8. The van der Waals surface area contributed by atoms with E-state index in [1.807, 2.05) is 20.8 Å². The molecule has 0 atom stereocenters. The first-order valence-electron chi connectivity index (χ1n) is 8.10. The summed E-state index contributed by atoms with van der Waals surface area (Å²) in [5, 5.41) is 8.37. The van der Waals surface area contributed by atoms with Crippen molar-refractivity contribution in [3.05, 3.63) is 0 Å². The first-order chi connectivity index (χ1) is 9.72. The van der Waals surface area contributed by atoms with E-state index in [1.54, 1.807) is 0 Å². The highest BCUT2D eigenvalue weighted by Crippen LogP contribution is 2.13. The highest BCUT2D eigenvalue weighted by atomic mass is 16.5. The van der Waals surface area contributed by atoms with Crippen LogP contribution in [0.1, 0.15) is 86.0 Å². The van der Waals surface area contributed by atoms with Gasteiger partial charge in [-0.3, -0.25) is 9.59 Å². The number of hydrogen-bond acceptors (Lipinski definition) is 3. The summed E-state index contributed by atoms with van der Waals surface area (Å²) in [5.74, 6) is -1.06. The number of carboxylic acid groups (broad SMARTS) is 1. The normalized spacial score (nSPS) is 10.5. The molecule has 0 saturated heterocycles.